The molecule has 1 fully saturated rings. The molecule has 2 rings (SSSR count). The molecule has 6 heteroatoms. The number of benzene rings is 1. The van der Waals surface area contributed by atoms with E-state index in [0.29, 0.717) is 23.3 Å². The first-order valence-electron chi connectivity index (χ1n) is 6.92. The zero-order valence-electron chi connectivity index (χ0n) is 12.4. The Morgan fingerprint density at radius 2 is 2.14 bits per heavy atom. The number of ether oxygens (including phenoxy) is 1. The predicted octanol–water partition coefficient (Wildman–Crippen LogP) is 2.75. The minimum absolute atomic E-state index is 0.0605. The summed E-state index contributed by atoms with van der Waals surface area (Å²) in [4.78, 5) is 14.4. The van der Waals surface area contributed by atoms with Gasteiger partial charge in [0.15, 0.2) is 0 Å². The van der Waals surface area contributed by atoms with Gasteiger partial charge in [0.25, 0.3) is 0 Å². The van der Waals surface area contributed by atoms with Crippen molar-refractivity contribution in [2.75, 3.05) is 27.3 Å². The van der Waals surface area contributed by atoms with Gasteiger partial charge in [0.1, 0.15) is 0 Å². The van der Waals surface area contributed by atoms with Crippen LogP contribution in [0.1, 0.15) is 18.5 Å². The third-order valence-electron chi connectivity index (χ3n) is 4.11. The van der Waals surface area contributed by atoms with E-state index in [1.165, 1.54) is 0 Å². The summed E-state index contributed by atoms with van der Waals surface area (Å²) in [6.45, 7) is 2.98. The van der Waals surface area contributed by atoms with Crippen LogP contribution in [0.15, 0.2) is 18.2 Å². The first-order valence-corrected chi connectivity index (χ1v) is 7.68. The standard InChI is InChI=1S/C15H20Cl2N2O2/c1-9(11-5-4-10(16)6-13(11)17)19(3)15(20)12-7-21-8-14(12)18-2/h4-6,9,12,14,18H,7-8H2,1-3H3. The Kier molecular flexibility index (Phi) is 5.49. The van der Waals surface area contributed by atoms with Gasteiger partial charge in [-0.3, -0.25) is 4.79 Å². The Balaban J connectivity index is 2.14. The van der Waals surface area contributed by atoms with Gasteiger partial charge in [0.2, 0.25) is 5.91 Å². The molecule has 0 radical (unpaired) electrons. The van der Waals surface area contributed by atoms with Gasteiger partial charge in [-0.1, -0.05) is 29.3 Å². The van der Waals surface area contributed by atoms with Gasteiger partial charge in [-0.05, 0) is 31.7 Å². The average Bonchev–Trinajstić information content (AvgIpc) is 2.93. The maximum Gasteiger partial charge on any atom is 0.229 e. The van der Waals surface area contributed by atoms with Crippen LogP contribution in [0.25, 0.3) is 0 Å². The fraction of sp³-hybridized carbons (Fsp3) is 0.533. The number of nitrogens with zero attached hydrogens (tertiary/aromatic N) is 1. The minimum atomic E-state index is -0.159. The molecule has 1 N–H and O–H groups in total. The first-order chi connectivity index (χ1) is 9.95. The number of likely N-dealkylation sites (N-methyl/N-ethyl adjacent to an activating group) is 1. The molecule has 0 saturated carbocycles. The maximum absolute atomic E-state index is 12.6. The number of carbonyl (C=O) groups is 1. The van der Waals surface area contributed by atoms with E-state index in [4.69, 9.17) is 27.9 Å². The van der Waals surface area contributed by atoms with Crippen molar-refractivity contribution in [3.8, 4) is 0 Å². The molecule has 1 heterocycles. The average molecular weight is 331 g/mol. The molecule has 1 aromatic rings. The van der Waals surface area contributed by atoms with Crippen LogP contribution >= 0.6 is 23.2 Å². The third-order valence-corrected chi connectivity index (χ3v) is 4.67. The van der Waals surface area contributed by atoms with E-state index in [1.54, 1.807) is 24.1 Å². The first kappa shape index (κ1) is 16.6. The van der Waals surface area contributed by atoms with E-state index in [-0.39, 0.29) is 23.9 Å². The van der Waals surface area contributed by atoms with Crippen molar-refractivity contribution in [2.24, 2.45) is 5.92 Å². The van der Waals surface area contributed by atoms with E-state index < -0.39 is 0 Å². The smallest absolute Gasteiger partial charge is 0.229 e. The molecule has 116 valence electrons. The predicted molar refractivity (Wildman–Crippen MR) is 84.8 cm³/mol. The van der Waals surface area contributed by atoms with Crippen molar-refractivity contribution < 1.29 is 9.53 Å². The van der Waals surface area contributed by atoms with Crippen LogP contribution in [-0.2, 0) is 9.53 Å². The highest BCUT2D eigenvalue weighted by Crippen LogP contribution is 2.30. The number of hydrogen-bond donors (Lipinski definition) is 1. The van der Waals surface area contributed by atoms with Crippen molar-refractivity contribution in [3.63, 3.8) is 0 Å². The molecule has 1 amide bonds. The third kappa shape index (κ3) is 3.51. The highest BCUT2D eigenvalue weighted by Gasteiger charge is 2.36. The number of rotatable bonds is 4. The number of hydrogen-bond acceptors (Lipinski definition) is 3. The SMILES string of the molecule is CNC1COCC1C(=O)N(C)C(C)c1ccc(Cl)cc1Cl. The van der Waals surface area contributed by atoms with Crippen molar-refractivity contribution >= 4 is 29.1 Å². The molecule has 4 nitrogen and oxygen atoms in total. The molecule has 0 aliphatic carbocycles. The number of amides is 1. The molecule has 3 unspecified atom stereocenters. The van der Waals surface area contributed by atoms with Gasteiger partial charge in [0.05, 0.1) is 25.2 Å². The Bertz CT molecular complexity index is 524. The summed E-state index contributed by atoms with van der Waals surface area (Å²) in [5.74, 6) is -0.0982. The summed E-state index contributed by atoms with van der Waals surface area (Å²) in [7, 11) is 3.64. The normalized spacial score (nSPS) is 23.1. The number of nitrogens with one attached hydrogen (secondary N) is 1. The van der Waals surface area contributed by atoms with E-state index in [2.05, 4.69) is 5.32 Å². The largest absolute Gasteiger partial charge is 0.379 e. The quantitative estimate of drug-likeness (QED) is 0.922. The summed E-state index contributed by atoms with van der Waals surface area (Å²) in [5, 5.41) is 4.29. The molecule has 1 saturated heterocycles. The van der Waals surface area contributed by atoms with Crippen LogP contribution in [0.5, 0.6) is 0 Å². The molecule has 0 aromatic heterocycles. The van der Waals surface area contributed by atoms with Gasteiger partial charge in [-0.15, -0.1) is 0 Å². The van der Waals surface area contributed by atoms with Crippen LogP contribution in [0.3, 0.4) is 0 Å². The summed E-state index contributed by atoms with van der Waals surface area (Å²) in [5.41, 5.74) is 0.886. The highest BCUT2D eigenvalue weighted by atomic mass is 35.5. The Morgan fingerprint density at radius 3 is 2.76 bits per heavy atom. The topological polar surface area (TPSA) is 41.6 Å². The number of carbonyl (C=O) groups excluding carboxylic acids is 1. The monoisotopic (exact) mass is 330 g/mol. The Morgan fingerprint density at radius 1 is 1.43 bits per heavy atom. The van der Waals surface area contributed by atoms with Gasteiger partial charge in [-0.2, -0.15) is 0 Å². The molecule has 0 bridgehead atoms. The second-order valence-corrected chi connectivity index (χ2v) is 6.17. The van der Waals surface area contributed by atoms with Crippen molar-refractivity contribution in [2.45, 2.75) is 19.0 Å². The zero-order valence-corrected chi connectivity index (χ0v) is 13.9. The summed E-state index contributed by atoms with van der Waals surface area (Å²) in [6.07, 6.45) is 0. The van der Waals surface area contributed by atoms with Crippen LogP contribution in [0.2, 0.25) is 10.0 Å². The molecular weight excluding hydrogens is 311 g/mol. The summed E-state index contributed by atoms with van der Waals surface area (Å²) < 4.78 is 5.40. The molecule has 1 aromatic carbocycles. The fourth-order valence-electron chi connectivity index (χ4n) is 2.58. The Hall–Kier alpha value is -0.810. The molecule has 1 aliphatic heterocycles. The van der Waals surface area contributed by atoms with Crippen molar-refractivity contribution in [1.82, 2.24) is 10.2 Å². The van der Waals surface area contributed by atoms with Crippen molar-refractivity contribution in [1.29, 1.82) is 0 Å². The highest BCUT2D eigenvalue weighted by molar-refractivity contribution is 6.35. The Labute approximate surface area is 135 Å². The summed E-state index contributed by atoms with van der Waals surface area (Å²) >= 11 is 12.1. The summed E-state index contributed by atoms with van der Waals surface area (Å²) in [6, 6.07) is 5.28. The van der Waals surface area contributed by atoms with Crippen molar-refractivity contribution in [3.05, 3.63) is 33.8 Å². The van der Waals surface area contributed by atoms with Crippen LogP contribution in [-0.4, -0.2) is 44.2 Å². The van der Waals surface area contributed by atoms with Crippen LogP contribution < -0.4 is 5.32 Å². The number of halogens is 2. The zero-order chi connectivity index (χ0) is 15.6. The second kappa shape index (κ2) is 6.97. The molecule has 0 spiro atoms. The fourth-order valence-corrected chi connectivity index (χ4v) is 3.15. The second-order valence-electron chi connectivity index (χ2n) is 5.33. The van der Waals surface area contributed by atoms with E-state index in [1.807, 2.05) is 20.0 Å². The van der Waals surface area contributed by atoms with E-state index in [0.717, 1.165) is 5.56 Å². The minimum Gasteiger partial charge on any atom is -0.379 e. The maximum atomic E-state index is 12.6. The van der Waals surface area contributed by atoms with E-state index >= 15 is 0 Å². The lowest BCUT2D eigenvalue weighted by atomic mass is 10.00. The van der Waals surface area contributed by atoms with E-state index in [9.17, 15) is 4.79 Å². The lowest BCUT2D eigenvalue weighted by Gasteiger charge is -2.29. The molecular formula is C15H20Cl2N2O2. The molecule has 1 aliphatic rings. The molecule has 21 heavy (non-hydrogen) atoms. The van der Waals surface area contributed by atoms with Gasteiger partial charge in [-0.25, -0.2) is 0 Å². The van der Waals surface area contributed by atoms with Gasteiger partial charge in [0, 0.05) is 23.1 Å². The van der Waals surface area contributed by atoms with Crippen LogP contribution in [0.4, 0.5) is 0 Å². The molecule has 3 atom stereocenters. The van der Waals surface area contributed by atoms with Crippen LogP contribution in [0, 0.1) is 5.92 Å². The van der Waals surface area contributed by atoms with Gasteiger partial charge >= 0.3 is 0 Å². The lowest BCUT2D eigenvalue weighted by molar-refractivity contribution is -0.136. The van der Waals surface area contributed by atoms with Gasteiger partial charge < -0.3 is 15.0 Å². The lowest BCUT2D eigenvalue weighted by Crippen LogP contribution is -2.44.